The zero-order valence-electron chi connectivity index (χ0n) is 12.1. The highest BCUT2D eigenvalue weighted by molar-refractivity contribution is 6.20. The largest absolute Gasteiger partial charge is 0.327 e. The van der Waals surface area contributed by atoms with Crippen molar-refractivity contribution in [1.29, 1.82) is 0 Å². The maximum atomic E-state index is 13.9. The molecule has 0 amide bonds. The number of aryl methyl sites for hydroxylation is 1. The molecule has 1 unspecified atom stereocenters. The number of imidazole rings is 1. The van der Waals surface area contributed by atoms with E-state index < -0.39 is 11.6 Å². The molecular formula is C16H19ClF2N2. The van der Waals surface area contributed by atoms with Gasteiger partial charge in [0.25, 0.3) is 0 Å². The van der Waals surface area contributed by atoms with E-state index in [9.17, 15) is 8.78 Å². The van der Waals surface area contributed by atoms with Gasteiger partial charge in [0.15, 0.2) is 5.82 Å². The van der Waals surface area contributed by atoms with Gasteiger partial charge in [-0.3, -0.25) is 0 Å². The van der Waals surface area contributed by atoms with Crippen LogP contribution in [-0.4, -0.2) is 9.55 Å². The van der Waals surface area contributed by atoms with E-state index in [-0.39, 0.29) is 10.9 Å². The van der Waals surface area contributed by atoms with Crippen LogP contribution in [0.2, 0.25) is 0 Å². The Labute approximate surface area is 128 Å². The summed E-state index contributed by atoms with van der Waals surface area (Å²) in [6.07, 6.45) is 6.09. The average molecular weight is 313 g/mol. The topological polar surface area (TPSA) is 17.8 Å². The number of halogens is 3. The Bertz CT molecular complexity index is 645. The number of aromatic nitrogens is 2. The van der Waals surface area contributed by atoms with Crippen molar-refractivity contribution in [3.63, 3.8) is 0 Å². The molecule has 0 spiro atoms. The smallest absolute Gasteiger partial charge is 0.153 e. The molecule has 0 bridgehead atoms. The zero-order valence-corrected chi connectivity index (χ0v) is 12.8. The first-order valence-electron chi connectivity index (χ1n) is 7.55. The molecule has 0 saturated heterocycles. The summed E-state index contributed by atoms with van der Waals surface area (Å²) in [5.41, 5.74) is 0.721. The predicted molar refractivity (Wildman–Crippen MR) is 80.5 cm³/mol. The summed E-state index contributed by atoms with van der Waals surface area (Å²) in [7, 11) is 0. The highest BCUT2D eigenvalue weighted by Crippen LogP contribution is 2.31. The van der Waals surface area contributed by atoms with Gasteiger partial charge in [0, 0.05) is 12.6 Å². The second-order valence-electron chi connectivity index (χ2n) is 5.93. The molecule has 21 heavy (non-hydrogen) atoms. The van der Waals surface area contributed by atoms with Gasteiger partial charge in [0.2, 0.25) is 0 Å². The highest BCUT2D eigenvalue weighted by Gasteiger charge is 2.20. The highest BCUT2D eigenvalue weighted by atomic mass is 35.5. The Kier molecular flexibility index (Phi) is 4.16. The van der Waals surface area contributed by atoms with E-state index >= 15 is 0 Å². The molecule has 1 aliphatic carbocycles. The first-order chi connectivity index (χ1) is 10.1. The molecule has 2 aromatic rings. The Hall–Kier alpha value is -1.16. The van der Waals surface area contributed by atoms with Crippen LogP contribution < -0.4 is 0 Å². The van der Waals surface area contributed by atoms with Crippen molar-refractivity contribution >= 4 is 22.6 Å². The SMILES string of the molecule is CC(Cl)c1nc2c(F)cc(F)cc2n1CCC1CCCC1. The van der Waals surface area contributed by atoms with Crippen LogP contribution in [0.15, 0.2) is 12.1 Å². The van der Waals surface area contributed by atoms with Crippen LogP contribution in [0.3, 0.4) is 0 Å². The second kappa shape index (κ2) is 5.91. The molecule has 1 atom stereocenters. The van der Waals surface area contributed by atoms with Crippen molar-refractivity contribution < 1.29 is 8.78 Å². The lowest BCUT2D eigenvalue weighted by Gasteiger charge is -2.13. The fourth-order valence-electron chi connectivity index (χ4n) is 3.32. The minimum Gasteiger partial charge on any atom is -0.327 e. The monoisotopic (exact) mass is 312 g/mol. The van der Waals surface area contributed by atoms with Gasteiger partial charge in [-0.25, -0.2) is 13.8 Å². The summed E-state index contributed by atoms with van der Waals surface area (Å²) in [6, 6.07) is 2.22. The van der Waals surface area contributed by atoms with Gasteiger partial charge in [-0.05, 0) is 25.3 Å². The van der Waals surface area contributed by atoms with E-state index in [0.717, 1.165) is 19.0 Å². The molecule has 1 aromatic carbocycles. The molecule has 0 aliphatic heterocycles. The second-order valence-corrected chi connectivity index (χ2v) is 6.59. The number of benzene rings is 1. The molecule has 114 valence electrons. The van der Waals surface area contributed by atoms with Crippen molar-refractivity contribution in [3.8, 4) is 0 Å². The molecule has 1 fully saturated rings. The minimum absolute atomic E-state index is 0.213. The maximum absolute atomic E-state index is 13.9. The quantitative estimate of drug-likeness (QED) is 0.710. The first kappa shape index (κ1) is 14.8. The number of hydrogen-bond donors (Lipinski definition) is 0. The van der Waals surface area contributed by atoms with Gasteiger partial charge in [-0.15, -0.1) is 11.6 Å². The predicted octanol–water partition coefficient (Wildman–Crippen LogP) is 5.19. The summed E-state index contributed by atoms with van der Waals surface area (Å²) in [5.74, 6) is 0.132. The Morgan fingerprint density at radius 3 is 2.71 bits per heavy atom. The molecule has 1 aliphatic rings. The van der Waals surface area contributed by atoms with Crippen molar-refractivity contribution in [2.45, 2.75) is 50.9 Å². The maximum Gasteiger partial charge on any atom is 0.153 e. The summed E-state index contributed by atoms with van der Waals surface area (Å²) < 4.78 is 29.3. The fraction of sp³-hybridized carbons (Fsp3) is 0.562. The van der Waals surface area contributed by atoms with Crippen LogP contribution in [0.4, 0.5) is 8.78 Å². The van der Waals surface area contributed by atoms with E-state index in [1.807, 2.05) is 11.5 Å². The zero-order chi connectivity index (χ0) is 15.0. The molecule has 0 radical (unpaired) electrons. The van der Waals surface area contributed by atoms with Gasteiger partial charge in [-0.2, -0.15) is 0 Å². The molecule has 1 aromatic heterocycles. The number of fused-ring (bicyclic) bond motifs is 1. The van der Waals surface area contributed by atoms with E-state index in [2.05, 4.69) is 4.98 Å². The van der Waals surface area contributed by atoms with E-state index in [4.69, 9.17) is 11.6 Å². The van der Waals surface area contributed by atoms with Crippen molar-refractivity contribution in [2.24, 2.45) is 5.92 Å². The van der Waals surface area contributed by atoms with E-state index in [1.165, 1.54) is 31.7 Å². The molecule has 0 N–H and O–H groups in total. The van der Waals surface area contributed by atoms with Crippen LogP contribution in [0, 0.1) is 17.6 Å². The van der Waals surface area contributed by atoms with Crippen molar-refractivity contribution in [2.75, 3.05) is 0 Å². The summed E-state index contributed by atoms with van der Waals surface area (Å²) >= 11 is 6.17. The third kappa shape index (κ3) is 2.91. The van der Waals surface area contributed by atoms with Gasteiger partial charge in [0.1, 0.15) is 17.2 Å². The Morgan fingerprint density at radius 2 is 2.05 bits per heavy atom. The van der Waals surface area contributed by atoms with Crippen LogP contribution in [-0.2, 0) is 6.54 Å². The van der Waals surface area contributed by atoms with Crippen molar-refractivity contribution in [1.82, 2.24) is 9.55 Å². The number of rotatable bonds is 4. The van der Waals surface area contributed by atoms with Gasteiger partial charge in [0.05, 0.1) is 10.9 Å². The average Bonchev–Trinajstić information content (AvgIpc) is 3.03. The number of hydrogen-bond acceptors (Lipinski definition) is 1. The van der Waals surface area contributed by atoms with Gasteiger partial charge < -0.3 is 4.57 Å². The van der Waals surface area contributed by atoms with E-state index in [1.54, 1.807) is 0 Å². The first-order valence-corrected chi connectivity index (χ1v) is 7.99. The van der Waals surface area contributed by atoms with Gasteiger partial charge in [-0.1, -0.05) is 25.7 Å². The fourth-order valence-corrected chi connectivity index (χ4v) is 3.48. The molecule has 3 rings (SSSR count). The summed E-state index contributed by atoms with van der Waals surface area (Å²) in [5, 5.41) is -0.330. The number of alkyl halides is 1. The third-order valence-corrected chi connectivity index (χ3v) is 4.59. The van der Waals surface area contributed by atoms with Crippen LogP contribution in [0.25, 0.3) is 11.0 Å². The van der Waals surface area contributed by atoms with E-state index in [0.29, 0.717) is 17.3 Å². The Morgan fingerprint density at radius 1 is 1.33 bits per heavy atom. The molecule has 5 heteroatoms. The third-order valence-electron chi connectivity index (χ3n) is 4.39. The van der Waals surface area contributed by atoms with Crippen LogP contribution >= 0.6 is 11.6 Å². The minimum atomic E-state index is -0.622. The summed E-state index contributed by atoms with van der Waals surface area (Å²) in [4.78, 5) is 4.29. The molecule has 1 heterocycles. The lowest BCUT2D eigenvalue weighted by atomic mass is 10.0. The number of nitrogens with zero attached hydrogens (tertiary/aromatic N) is 2. The Balaban J connectivity index is 1.98. The summed E-state index contributed by atoms with van der Waals surface area (Å²) in [6.45, 7) is 2.53. The van der Waals surface area contributed by atoms with Crippen LogP contribution in [0.5, 0.6) is 0 Å². The van der Waals surface area contributed by atoms with Crippen molar-refractivity contribution in [3.05, 3.63) is 29.6 Å². The standard InChI is InChI=1S/C16H19ClF2N2/c1-10(17)16-20-15-13(19)8-12(18)9-14(15)21(16)7-6-11-4-2-3-5-11/h8-11H,2-7H2,1H3. The lowest BCUT2D eigenvalue weighted by molar-refractivity contribution is 0.456. The molecule has 2 nitrogen and oxygen atoms in total. The molecular weight excluding hydrogens is 294 g/mol. The van der Waals surface area contributed by atoms with Gasteiger partial charge >= 0.3 is 0 Å². The molecule has 1 saturated carbocycles. The lowest BCUT2D eigenvalue weighted by Crippen LogP contribution is -2.08. The van der Waals surface area contributed by atoms with Crippen LogP contribution in [0.1, 0.15) is 50.2 Å². The normalized spacial score (nSPS) is 17.7.